The maximum Gasteiger partial charge on any atom is 0.286 e. The second-order valence-corrected chi connectivity index (χ2v) is 11.6. The van der Waals surface area contributed by atoms with Crippen LogP contribution in [0.25, 0.3) is 0 Å². The Hall–Kier alpha value is -5.54. The molecule has 2 heterocycles. The van der Waals surface area contributed by atoms with Gasteiger partial charge < -0.3 is 34.2 Å². The average Bonchev–Trinajstić information content (AvgIpc) is 3.71. The van der Waals surface area contributed by atoms with E-state index in [0.29, 0.717) is 18.4 Å². The predicted molar refractivity (Wildman–Crippen MR) is 182 cm³/mol. The molecule has 0 fully saturated rings. The van der Waals surface area contributed by atoms with Gasteiger partial charge in [-0.05, 0) is 56.4 Å². The number of aliphatic hydroxyl groups is 2. The monoisotopic (exact) mass is 692 g/mol. The van der Waals surface area contributed by atoms with Crippen LogP contribution in [0.2, 0.25) is 0 Å². The van der Waals surface area contributed by atoms with E-state index >= 15 is 0 Å². The third kappa shape index (κ3) is 8.18. The minimum atomic E-state index is -0.696. The van der Waals surface area contributed by atoms with Gasteiger partial charge in [0.25, 0.3) is 23.2 Å². The van der Waals surface area contributed by atoms with E-state index in [1.807, 2.05) is 19.9 Å². The Morgan fingerprint density at radius 1 is 0.800 bits per heavy atom. The van der Waals surface area contributed by atoms with Gasteiger partial charge in [0.1, 0.15) is 16.9 Å². The molecule has 0 aromatic heterocycles. The second-order valence-electron chi connectivity index (χ2n) is 11.6. The van der Waals surface area contributed by atoms with Gasteiger partial charge in [-0.1, -0.05) is 24.3 Å². The summed E-state index contributed by atoms with van der Waals surface area (Å²) in [6.45, 7) is 4.70. The number of ether oxygens (including phenoxy) is 3. The van der Waals surface area contributed by atoms with Crippen molar-refractivity contribution in [3.63, 3.8) is 0 Å². The molecule has 15 nitrogen and oxygen atoms in total. The number of hydrogen-bond donors (Lipinski definition) is 2. The number of aryl methyl sites for hydroxylation is 1. The zero-order valence-electron chi connectivity index (χ0n) is 28.2. The first-order chi connectivity index (χ1) is 24.0. The third-order valence-electron chi connectivity index (χ3n) is 8.22. The topological polar surface area (TPSA) is 195 Å². The molecular formula is C35H40N4O11. The van der Waals surface area contributed by atoms with Gasteiger partial charge in [0, 0.05) is 24.9 Å². The van der Waals surface area contributed by atoms with Gasteiger partial charge in [0.05, 0.1) is 67.6 Å². The molecule has 0 bridgehead atoms. The summed E-state index contributed by atoms with van der Waals surface area (Å²) >= 11 is 0. The first-order valence-corrected chi connectivity index (χ1v) is 15.9. The van der Waals surface area contributed by atoms with Crippen LogP contribution in [-0.4, -0.2) is 87.3 Å². The number of carbonyl (C=O) groups is 2. The summed E-state index contributed by atoms with van der Waals surface area (Å²) in [5.74, 6) is -1.00. The van der Waals surface area contributed by atoms with Crippen molar-refractivity contribution in [2.24, 2.45) is 0 Å². The Morgan fingerprint density at radius 2 is 1.26 bits per heavy atom. The summed E-state index contributed by atoms with van der Waals surface area (Å²) in [5.41, 5.74) is 0.759. The van der Waals surface area contributed by atoms with Crippen LogP contribution < -0.4 is 14.2 Å². The summed E-state index contributed by atoms with van der Waals surface area (Å²) in [7, 11) is 1.33. The number of methoxy groups -OCH3 is 1. The molecule has 0 aliphatic carbocycles. The van der Waals surface area contributed by atoms with Crippen molar-refractivity contribution in [3.8, 4) is 17.2 Å². The van der Waals surface area contributed by atoms with Gasteiger partial charge >= 0.3 is 0 Å². The third-order valence-corrected chi connectivity index (χ3v) is 8.22. The Labute approximate surface area is 288 Å². The lowest BCUT2D eigenvalue weighted by atomic mass is 10.1. The first-order valence-electron chi connectivity index (χ1n) is 15.9. The Morgan fingerprint density at radius 3 is 1.70 bits per heavy atom. The number of hydrogen-bond acceptors (Lipinski definition) is 11. The van der Waals surface area contributed by atoms with Crippen LogP contribution in [-0.2, 0) is 0 Å². The van der Waals surface area contributed by atoms with E-state index in [1.165, 1.54) is 35.1 Å². The minimum Gasteiger partial charge on any atom is -0.493 e. The molecule has 266 valence electrons. The quantitative estimate of drug-likeness (QED) is 0.145. The molecule has 0 unspecified atom stereocenters. The fourth-order valence-electron chi connectivity index (χ4n) is 5.82. The van der Waals surface area contributed by atoms with Crippen molar-refractivity contribution >= 4 is 23.2 Å². The molecule has 0 saturated heterocycles. The second kappa shape index (κ2) is 16.7. The molecular weight excluding hydrogens is 652 g/mol. The molecule has 0 spiro atoms. The number of carbonyl (C=O) groups excluding carboxylic acids is 2. The SMILES string of the molecule is C/C=C/C1=CN(C(=O)c2cc(C)c(OCCCOc3cc([N+](=O)[O-])c(C(=O)N4C=C(/C=C/C)C[C@H]4CO)cc3OC)cc2[N+](=O)[O-])[C@H](CO)C1. The van der Waals surface area contributed by atoms with E-state index in [0.717, 1.165) is 17.2 Å². The normalized spacial score (nSPS) is 17.3. The molecule has 2 atom stereocenters. The van der Waals surface area contributed by atoms with Gasteiger partial charge in [-0.25, -0.2) is 0 Å². The Balaban J connectivity index is 1.46. The van der Waals surface area contributed by atoms with E-state index in [4.69, 9.17) is 14.2 Å². The van der Waals surface area contributed by atoms with Crippen molar-refractivity contribution in [1.29, 1.82) is 0 Å². The highest BCUT2D eigenvalue weighted by Gasteiger charge is 2.35. The van der Waals surface area contributed by atoms with E-state index in [-0.39, 0.29) is 61.2 Å². The molecule has 2 aromatic carbocycles. The van der Waals surface area contributed by atoms with Crippen LogP contribution in [0.1, 0.15) is 59.4 Å². The molecule has 0 radical (unpaired) electrons. The molecule has 50 heavy (non-hydrogen) atoms. The largest absolute Gasteiger partial charge is 0.493 e. The molecule has 2 aliphatic heterocycles. The maximum atomic E-state index is 13.4. The Kier molecular flexibility index (Phi) is 12.5. The fourth-order valence-corrected chi connectivity index (χ4v) is 5.82. The lowest BCUT2D eigenvalue weighted by molar-refractivity contribution is -0.385. The highest BCUT2D eigenvalue weighted by atomic mass is 16.6. The summed E-state index contributed by atoms with van der Waals surface area (Å²) in [4.78, 5) is 52.1. The summed E-state index contributed by atoms with van der Waals surface area (Å²) in [6.07, 6.45) is 11.4. The van der Waals surface area contributed by atoms with Crippen LogP contribution in [0, 0.1) is 27.2 Å². The number of nitrogens with zero attached hydrogens (tertiary/aromatic N) is 4. The lowest BCUT2D eigenvalue weighted by Crippen LogP contribution is -2.35. The van der Waals surface area contributed by atoms with E-state index in [9.17, 15) is 40.0 Å². The Bertz CT molecular complexity index is 1760. The smallest absolute Gasteiger partial charge is 0.286 e. The van der Waals surface area contributed by atoms with Crippen molar-refractivity contribution in [2.45, 2.75) is 52.1 Å². The van der Waals surface area contributed by atoms with Crippen LogP contribution in [0.3, 0.4) is 0 Å². The molecule has 0 saturated carbocycles. The highest BCUT2D eigenvalue weighted by Crippen LogP contribution is 2.37. The van der Waals surface area contributed by atoms with Crippen molar-refractivity contribution in [1.82, 2.24) is 9.80 Å². The van der Waals surface area contributed by atoms with Gasteiger partial charge in [-0.3, -0.25) is 29.8 Å². The first kappa shape index (κ1) is 37.3. The van der Waals surface area contributed by atoms with Gasteiger partial charge in [0.2, 0.25) is 0 Å². The maximum absolute atomic E-state index is 13.4. The van der Waals surface area contributed by atoms with E-state index < -0.39 is 45.1 Å². The number of rotatable bonds is 15. The standard InChI is InChI=1S/C35H40N4O11/c1-5-8-23-13-25(20-40)36(18-23)34(42)27-12-22(3)31(16-29(27)38(44)45)49-10-7-11-50-33-17-30(39(46)47)28(15-32(33)48-4)35(43)37-19-24(9-6-2)14-26(37)21-41/h5-6,8-9,12,15-19,25-26,40-41H,7,10-11,13-14,20-21H2,1-4H3/b8-5+,9-6+/t25-,26-/m0/s1. The average molecular weight is 693 g/mol. The number of allylic oxidation sites excluding steroid dienone is 4. The van der Waals surface area contributed by atoms with Crippen LogP contribution in [0.5, 0.6) is 17.2 Å². The number of nitro groups is 2. The van der Waals surface area contributed by atoms with E-state index in [1.54, 1.807) is 37.6 Å². The highest BCUT2D eigenvalue weighted by molar-refractivity contribution is 6.00. The van der Waals surface area contributed by atoms with Crippen molar-refractivity contribution < 1.29 is 43.9 Å². The number of nitro benzene ring substituents is 2. The van der Waals surface area contributed by atoms with Crippen LogP contribution >= 0.6 is 0 Å². The summed E-state index contributed by atoms with van der Waals surface area (Å²) < 4.78 is 17.0. The van der Waals surface area contributed by atoms with E-state index in [2.05, 4.69) is 0 Å². The molecule has 15 heteroatoms. The zero-order valence-corrected chi connectivity index (χ0v) is 28.2. The minimum absolute atomic E-state index is 0.00502. The van der Waals surface area contributed by atoms with Crippen molar-refractivity contribution in [2.75, 3.05) is 33.5 Å². The fraction of sp³-hybridized carbons (Fsp3) is 0.371. The van der Waals surface area contributed by atoms with Gasteiger partial charge in [0.15, 0.2) is 11.5 Å². The van der Waals surface area contributed by atoms with Gasteiger partial charge in [-0.15, -0.1) is 0 Å². The number of aliphatic hydroxyl groups excluding tert-OH is 2. The molecule has 2 aromatic rings. The lowest BCUT2D eigenvalue weighted by Gasteiger charge is -2.22. The summed E-state index contributed by atoms with van der Waals surface area (Å²) in [6, 6.07) is 3.79. The summed E-state index contributed by atoms with van der Waals surface area (Å²) in [5, 5.41) is 43.6. The number of benzene rings is 2. The van der Waals surface area contributed by atoms with Crippen LogP contribution in [0.4, 0.5) is 11.4 Å². The zero-order chi connectivity index (χ0) is 36.5. The molecule has 2 aliphatic rings. The van der Waals surface area contributed by atoms with Crippen LogP contribution in [0.15, 0.2) is 72.1 Å². The number of amides is 2. The molecule has 2 amide bonds. The van der Waals surface area contributed by atoms with Gasteiger partial charge in [-0.2, -0.15) is 0 Å². The molecule has 2 N–H and O–H groups in total. The molecule has 4 rings (SSSR count). The predicted octanol–water partition coefficient (Wildman–Crippen LogP) is 5.00. The van der Waals surface area contributed by atoms with Crippen molar-refractivity contribution in [3.05, 3.63) is 109 Å².